The van der Waals surface area contributed by atoms with Crippen LogP contribution in [0.1, 0.15) is 37.8 Å². The van der Waals surface area contributed by atoms with Crippen molar-refractivity contribution < 1.29 is 4.74 Å². The van der Waals surface area contributed by atoms with Crippen LogP contribution in [0.3, 0.4) is 0 Å². The number of halogens is 1. The molecular formula is C13H21BrN2O. The van der Waals surface area contributed by atoms with Gasteiger partial charge in [0.25, 0.3) is 0 Å². The van der Waals surface area contributed by atoms with Gasteiger partial charge in [0.2, 0.25) is 0 Å². The van der Waals surface area contributed by atoms with Crippen molar-refractivity contribution in [1.82, 2.24) is 0 Å². The fourth-order valence-electron chi connectivity index (χ4n) is 1.76. The Morgan fingerprint density at radius 1 is 1.35 bits per heavy atom. The van der Waals surface area contributed by atoms with Gasteiger partial charge < -0.3 is 16.2 Å². The predicted octanol–water partition coefficient (Wildman–Crippen LogP) is 2.98. The molecule has 0 radical (unpaired) electrons. The zero-order valence-electron chi connectivity index (χ0n) is 10.3. The molecule has 0 unspecified atom stereocenters. The van der Waals surface area contributed by atoms with E-state index < -0.39 is 0 Å². The van der Waals surface area contributed by atoms with E-state index >= 15 is 0 Å². The zero-order valence-corrected chi connectivity index (χ0v) is 11.9. The standard InChI is InChI=1S/C13H21BrN2O/c1-2-17-13-7-6-10(14)9-11(13)12(16)5-3-4-8-15/h6-7,9,12H,2-5,8,15-16H2,1H3/t12-/m0/s1. The summed E-state index contributed by atoms with van der Waals surface area (Å²) in [5.74, 6) is 0.885. The SMILES string of the molecule is CCOc1ccc(Br)cc1[C@@H](N)CCCCN. The van der Waals surface area contributed by atoms with Crippen molar-refractivity contribution in [3.63, 3.8) is 0 Å². The van der Waals surface area contributed by atoms with Gasteiger partial charge >= 0.3 is 0 Å². The van der Waals surface area contributed by atoms with Crippen LogP contribution in [-0.2, 0) is 0 Å². The van der Waals surface area contributed by atoms with E-state index in [1.54, 1.807) is 0 Å². The van der Waals surface area contributed by atoms with Crippen LogP contribution in [0, 0.1) is 0 Å². The highest BCUT2D eigenvalue weighted by Crippen LogP contribution is 2.29. The summed E-state index contributed by atoms with van der Waals surface area (Å²) >= 11 is 3.47. The number of rotatable bonds is 7. The number of unbranched alkanes of at least 4 members (excludes halogenated alkanes) is 1. The average molecular weight is 301 g/mol. The topological polar surface area (TPSA) is 61.3 Å². The first-order valence-electron chi connectivity index (χ1n) is 6.07. The van der Waals surface area contributed by atoms with Crippen molar-refractivity contribution in [2.24, 2.45) is 11.5 Å². The Bertz CT molecular complexity index is 344. The molecule has 0 aliphatic rings. The average Bonchev–Trinajstić information content (AvgIpc) is 2.32. The molecule has 1 aromatic carbocycles. The third-order valence-corrected chi connectivity index (χ3v) is 3.13. The van der Waals surface area contributed by atoms with Gasteiger partial charge in [0.1, 0.15) is 5.75 Å². The van der Waals surface area contributed by atoms with E-state index in [4.69, 9.17) is 16.2 Å². The van der Waals surface area contributed by atoms with Crippen LogP contribution in [0.15, 0.2) is 22.7 Å². The van der Waals surface area contributed by atoms with Crippen molar-refractivity contribution in [1.29, 1.82) is 0 Å². The van der Waals surface area contributed by atoms with E-state index in [2.05, 4.69) is 15.9 Å². The number of nitrogens with two attached hydrogens (primary N) is 2. The molecule has 0 saturated carbocycles. The van der Waals surface area contributed by atoms with Crippen LogP contribution in [0.25, 0.3) is 0 Å². The van der Waals surface area contributed by atoms with Crippen molar-refractivity contribution in [2.75, 3.05) is 13.2 Å². The van der Waals surface area contributed by atoms with E-state index in [-0.39, 0.29) is 6.04 Å². The lowest BCUT2D eigenvalue weighted by molar-refractivity contribution is 0.333. The summed E-state index contributed by atoms with van der Waals surface area (Å²) in [5.41, 5.74) is 12.7. The fourth-order valence-corrected chi connectivity index (χ4v) is 2.14. The summed E-state index contributed by atoms with van der Waals surface area (Å²) in [5, 5.41) is 0. The minimum atomic E-state index is 0.0144. The van der Waals surface area contributed by atoms with Gasteiger partial charge in [-0.05, 0) is 44.5 Å². The van der Waals surface area contributed by atoms with Gasteiger partial charge in [-0.3, -0.25) is 0 Å². The van der Waals surface area contributed by atoms with Crippen LogP contribution in [0.4, 0.5) is 0 Å². The fraction of sp³-hybridized carbons (Fsp3) is 0.538. The Hall–Kier alpha value is -0.580. The maximum Gasteiger partial charge on any atom is 0.124 e. The van der Waals surface area contributed by atoms with Gasteiger partial charge in [0.05, 0.1) is 6.61 Å². The molecule has 96 valence electrons. The molecule has 0 aliphatic heterocycles. The molecule has 0 fully saturated rings. The lowest BCUT2D eigenvalue weighted by atomic mass is 10.0. The second kappa shape index (κ2) is 7.69. The van der Waals surface area contributed by atoms with E-state index in [9.17, 15) is 0 Å². The largest absolute Gasteiger partial charge is 0.494 e. The molecule has 1 rings (SSSR count). The zero-order chi connectivity index (χ0) is 12.7. The normalized spacial score (nSPS) is 12.5. The van der Waals surface area contributed by atoms with Crippen LogP contribution in [-0.4, -0.2) is 13.2 Å². The Morgan fingerprint density at radius 3 is 2.76 bits per heavy atom. The molecular weight excluding hydrogens is 280 g/mol. The summed E-state index contributed by atoms with van der Waals surface area (Å²) in [4.78, 5) is 0. The predicted molar refractivity (Wildman–Crippen MR) is 75.1 cm³/mol. The summed E-state index contributed by atoms with van der Waals surface area (Å²) in [6.45, 7) is 3.36. The molecule has 0 saturated heterocycles. The summed E-state index contributed by atoms with van der Waals surface area (Å²) in [7, 11) is 0. The monoisotopic (exact) mass is 300 g/mol. The summed E-state index contributed by atoms with van der Waals surface area (Å²) in [6, 6.07) is 5.99. The number of hydrogen-bond acceptors (Lipinski definition) is 3. The highest BCUT2D eigenvalue weighted by Gasteiger charge is 2.12. The minimum Gasteiger partial charge on any atom is -0.494 e. The van der Waals surface area contributed by atoms with Crippen LogP contribution >= 0.6 is 15.9 Å². The quantitative estimate of drug-likeness (QED) is 0.761. The van der Waals surface area contributed by atoms with Crippen LogP contribution in [0.2, 0.25) is 0 Å². The Morgan fingerprint density at radius 2 is 2.12 bits per heavy atom. The first-order valence-corrected chi connectivity index (χ1v) is 6.86. The molecule has 1 aromatic rings. The molecule has 4 heteroatoms. The molecule has 0 spiro atoms. The van der Waals surface area contributed by atoms with Gasteiger partial charge in [-0.25, -0.2) is 0 Å². The van der Waals surface area contributed by atoms with Gasteiger partial charge in [0.15, 0.2) is 0 Å². The molecule has 0 aliphatic carbocycles. The highest BCUT2D eigenvalue weighted by molar-refractivity contribution is 9.10. The number of hydrogen-bond donors (Lipinski definition) is 2. The molecule has 4 N–H and O–H groups in total. The Kier molecular flexibility index (Phi) is 6.55. The maximum absolute atomic E-state index is 6.19. The second-order valence-electron chi connectivity index (χ2n) is 4.01. The Balaban J connectivity index is 2.74. The molecule has 17 heavy (non-hydrogen) atoms. The lowest BCUT2D eigenvalue weighted by Gasteiger charge is -2.16. The van der Waals surface area contributed by atoms with Gasteiger partial charge in [0, 0.05) is 16.1 Å². The van der Waals surface area contributed by atoms with Gasteiger partial charge in [-0.15, -0.1) is 0 Å². The summed E-state index contributed by atoms with van der Waals surface area (Å²) < 4.78 is 6.63. The summed E-state index contributed by atoms with van der Waals surface area (Å²) in [6.07, 6.45) is 3.01. The van der Waals surface area contributed by atoms with Crippen LogP contribution < -0.4 is 16.2 Å². The van der Waals surface area contributed by atoms with Crippen LogP contribution in [0.5, 0.6) is 5.75 Å². The van der Waals surface area contributed by atoms with Crippen molar-refractivity contribution in [3.8, 4) is 5.75 Å². The molecule has 3 nitrogen and oxygen atoms in total. The van der Waals surface area contributed by atoms with Gasteiger partial charge in [-0.1, -0.05) is 22.4 Å². The highest BCUT2D eigenvalue weighted by atomic mass is 79.9. The smallest absolute Gasteiger partial charge is 0.124 e. The third-order valence-electron chi connectivity index (χ3n) is 2.64. The lowest BCUT2D eigenvalue weighted by Crippen LogP contribution is -2.13. The molecule has 1 atom stereocenters. The molecule has 0 heterocycles. The van der Waals surface area contributed by atoms with Crippen molar-refractivity contribution >= 4 is 15.9 Å². The van der Waals surface area contributed by atoms with Crippen molar-refractivity contribution in [3.05, 3.63) is 28.2 Å². The van der Waals surface area contributed by atoms with E-state index in [1.165, 1.54) is 0 Å². The Labute approximate surface area is 112 Å². The van der Waals surface area contributed by atoms with Gasteiger partial charge in [-0.2, -0.15) is 0 Å². The third kappa shape index (κ3) is 4.66. The minimum absolute atomic E-state index is 0.0144. The number of benzene rings is 1. The van der Waals surface area contributed by atoms with Crippen molar-refractivity contribution in [2.45, 2.75) is 32.2 Å². The molecule has 0 aromatic heterocycles. The van der Waals surface area contributed by atoms with E-state index in [0.717, 1.165) is 41.6 Å². The molecule has 0 bridgehead atoms. The van der Waals surface area contributed by atoms with E-state index in [1.807, 2.05) is 25.1 Å². The second-order valence-corrected chi connectivity index (χ2v) is 4.92. The first-order chi connectivity index (χ1) is 8.19. The maximum atomic E-state index is 6.19. The molecule has 0 amide bonds. The van der Waals surface area contributed by atoms with E-state index in [0.29, 0.717) is 6.61 Å². The number of ether oxygens (including phenoxy) is 1. The first kappa shape index (κ1) is 14.5.